The molecule has 0 N–H and O–H groups in total. The molecule has 4 heterocycles. The second kappa shape index (κ2) is 5.01. The SMILES string of the molecule is C=C(C)COc1nc2c3c4c(sc3ncn2n1)COC(C)(C)C4. The fourth-order valence-corrected chi connectivity index (χ4v) is 3.84. The van der Waals surface area contributed by atoms with Crippen LogP contribution in [0.25, 0.3) is 15.9 Å². The Kier molecular flexibility index (Phi) is 3.18. The normalized spacial score (nSPS) is 16.7. The number of nitrogens with zero attached hydrogens (tertiary/aromatic N) is 4. The largest absolute Gasteiger partial charge is 0.458 e. The Hall–Kier alpha value is -1.99. The molecule has 0 saturated carbocycles. The summed E-state index contributed by atoms with van der Waals surface area (Å²) >= 11 is 1.67. The van der Waals surface area contributed by atoms with Gasteiger partial charge in [0.2, 0.25) is 0 Å². The van der Waals surface area contributed by atoms with E-state index in [-0.39, 0.29) is 5.60 Å². The van der Waals surface area contributed by atoms with Crippen LogP contribution in [0.2, 0.25) is 0 Å². The summed E-state index contributed by atoms with van der Waals surface area (Å²) < 4.78 is 13.2. The van der Waals surface area contributed by atoms with E-state index in [0.717, 1.165) is 27.9 Å². The monoisotopic (exact) mass is 330 g/mol. The number of hydrogen-bond donors (Lipinski definition) is 0. The predicted molar refractivity (Wildman–Crippen MR) is 89.0 cm³/mol. The first-order valence-corrected chi connectivity index (χ1v) is 8.31. The van der Waals surface area contributed by atoms with Crippen LogP contribution >= 0.6 is 11.3 Å². The van der Waals surface area contributed by atoms with E-state index in [4.69, 9.17) is 9.47 Å². The average Bonchev–Trinajstić information content (AvgIpc) is 3.03. The number of fused-ring (bicyclic) bond motifs is 5. The maximum Gasteiger partial charge on any atom is 0.336 e. The molecule has 1 aliphatic rings. The number of hydrogen-bond acceptors (Lipinski definition) is 6. The van der Waals surface area contributed by atoms with Crippen LogP contribution in [-0.4, -0.2) is 31.8 Å². The molecular formula is C16H18N4O2S. The fourth-order valence-electron chi connectivity index (χ4n) is 2.77. The summed E-state index contributed by atoms with van der Waals surface area (Å²) in [5.41, 5.74) is 2.83. The van der Waals surface area contributed by atoms with Crippen molar-refractivity contribution in [1.29, 1.82) is 0 Å². The van der Waals surface area contributed by atoms with Crippen LogP contribution in [0.1, 0.15) is 31.2 Å². The van der Waals surface area contributed by atoms with Gasteiger partial charge in [0, 0.05) is 11.3 Å². The Labute approximate surface area is 137 Å². The van der Waals surface area contributed by atoms with Crippen molar-refractivity contribution in [3.8, 4) is 6.01 Å². The minimum Gasteiger partial charge on any atom is -0.458 e. The van der Waals surface area contributed by atoms with Gasteiger partial charge in [0.05, 0.1) is 17.6 Å². The summed E-state index contributed by atoms with van der Waals surface area (Å²) in [5.74, 6) is 0. The third kappa shape index (κ3) is 2.49. The molecule has 0 amide bonds. The lowest BCUT2D eigenvalue weighted by Crippen LogP contribution is -2.31. The molecule has 23 heavy (non-hydrogen) atoms. The van der Waals surface area contributed by atoms with Gasteiger partial charge in [-0.25, -0.2) is 4.98 Å². The predicted octanol–water partition coefficient (Wildman–Crippen LogP) is 3.15. The summed E-state index contributed by atoms with van der Waals surface area (Å²) in [5, 5.41) is 5.42. The minimum absolute atomic E-state index is 0.173. The summed E-state index contributed by atoms with van der Waals surface area (Å²) in [7, 11) is 0. The lowest BCUT2D eigenvalue weighted by atomic mass is 9.94. The molecule has 0 unspecified atom stereocenters. The molecule has 3 aromatic rings. The highest BCUT2D eigenvalue weighted by Crippen LogP contribution is 2.39. The minimum atomic E-state index is -0.173. The van der Waals surface area contributed by atoms with Crippen LogP contribution in [-0.2, 0) is 17.8 Å². The van der Waals surface area contributed by atoms with Crippen LogP contribution in [0.3, 0.4) is 0 Å². The zero-order chi connectivity index (χ0) is 16.2. The fraction of sp³-hybridized carbons (Fsp3) is 0.438. The third-order valence-corrected chi connectivity index (χ3v) is 4.95. The third-order valence-electron chi connectivity index (χ3n) is 3.84. The molecule has 1 aliphatic heterocycles. The number of aromatic nitrogens is 4. The molecule has 6 nitrogen and oxygen atoms in total. The maximum absolute atomic E-state index is 5.91. The molecule has 0 atom stereocenters. The van der Waals surface area contributed by atoms with E-state index in [1.165, 1.54) is 10.4 Å². The van der Waals surface area contributed by atoms with Crippen LogP contribution in [0.4, 0.5) is 0 Å². The lowest BCUT2D eigenvalue weighted by molar-refractivity contribution is -0.0379. The molecule has 0 aliphatic carbocycles. The van der Waals surface area contributed by atoms with Crippen molar-refractivity contribution in [1.82, 2.24) is 19.6 Å². The first kappa shape index (κ1) is 14.6. The van der Waals surface area contributed by atoms with Crippen molar-refractivity contribution < 1.29 is 9.47 Å². The van der Waals surface area contributed by atoms with Gasteiger partial charge >= 0.3 is 6.01 Å². The Morgan fingerprint density at radius 3 is 3.13 bits per heavy atom. The summed E-state index contributed by atoms with van der Waals surface area (Å²) in [6, 6.07) is 0.355. The highest BCUT2D eigenvalue weighted by Gasteiger charge is 2.30. The van der Waals surface area contributed by atoms with Gasteiger partial charge in [0.25, 0.3) is 0 Å². The van der Waals surface area contributed by atoms with Gasteiger partial charge in [-0.2, -0.15) is 9.50 Å². The maximum atomic E-state index is 5.91. The zero-order valence-corrected chi connectivity index (χ0v) is 14.2. The summed E-state index contributed by atoms with van der Waals surface area (Å²) in [6.07, 6.45) is 2.53. The second-order valence-electron chi connectivity index (χ2n) is 6.56. The first-order valence-electron chi connectivity index (χ1n) is 7.50. The Balaban J connectivity index is 1.87. The van der Waals surface area contributed by atoms with Crippen molar-refractivity contribution in [3.05, 3.63) is 28.9 Å². The van der Waals surface area contributed by atoms with E-state index in [1.54, 1.807) is 22.2 Å². The second-order valence-corrected chi connectivity index (χ2v) is 7.65. The van der Waals surface area contributed by atoms with E-state index < -0.39 is 0 Å². The smallest absolute Gasteiger partial charge is 0.336 e. The van der Waals surface area contributed by atoms with E-state index >= 15 is 0 Å². The Bertz CT molecular complexity index is 925. The van der Waals surface area contributed by atoms with Crippen molar-refractivity contribution in [2.45, 2.75) is 39.4 Å². The Morgan fingerprint density at radius 2 is 2.35 bits per heavy atom. The first-order chi connectivity index (χ1) is 10.9. The number of thiophene rings is 1. The van der Waals surface area contributed by atoms with Crippen LogP contribution in [0.5, 0.6) is 6.01 Å². The van der Waals surface area contributed by atoms with Gasteiger partial charge in [-0.1, -0.05) is 6.58 Å². The lowest BCUT2D eigenvalue weighted by Gasteiger charge is -2.30. The van der Waals surface area contributed by atoms with Gasteiger partial charge in [0.1, 0.15) is 17.8 Å². The molecule has 0 bridgehead atoms. The topological polar surface area (TPSA) is 61.5 Å². The van der Waals surface area contributed by atoms with Crippen molar-refractivity contribution in [2.75, 3.05) is 6.61 Å². The molecule has 0 fully saturated rings. The van der Waals surface area contributed by atoms with Crippen molar-refractivity contribution in [3.63, 3.8) is 0 Å². The zero-order valence-electron chi connectivity index (χ0n) is 13.4. The quantitative estimate of drug-likeness (QED) is 0.690. The number of ether oxygens (including phenoxy) is 2. The van der Waals surface area contributed by atoms with E-state index in [0.29, 0.717) is 19.2 Å². The highest BCUT2D eigenvalue weighted by molar-refractivity contribution is 7.19. The van der Waals surface area contributed by atoms with Gasteiger partial charge in [-0.15, -0.1) is 16.4 Å². The molecule has 0 saturated heterocycles. The molecule has 0 radical (unpaired) electrons. The van der Waals surface area contributed by atoms with Crippen LogP contribution in [0, 0.1) is 0 Å². The van der Waals surface area contributed by atoms with Crippen LogP contribution in [0.15, 0.2) is 18.5 Å². The summed E-state index contributed by atoms with van der Waals surface area (Å²) in [4.78, 5) is 11.3. The molecule has 4 rings (SSSR count). The molecule has 120 valence electrons. The molecule has 0 aromatic carbocycles. The van der Waals surface area contributed by atoms with Gasteiger partial charge in [-0.3, -0.25) is 0 Å². The van der Waals surface area contributed by atoms with E-state index in [1.807, 2.05) is 6.92 Å². The molecule has 7 heteroatoms. The van der Waals surface area contributed by atoms with Gasteiger partial charge in [0.15, 0.2) is 5.65 Å². The average molecular weight is 330 g/mol. The van der Waals surface area contributed by atoms with E-state index in [9.17, 15) is 0 Å². The molecule has 0 spiro atoms. The number of rotatable bonds is 3. The molecular weight excluding hydrogens is 312 g/mol. The van der Waals surface area contributed by atoms with Crippen molar-refractivity contribution in [2.24, 2.45) is 0 Å². The highest BCUT2D eigenvalue weighted by atomic mass is 32.1. The van der Waals surface area contributed by atoms with Gasteiger partial charge in [-0.05, 0) is 31.9 Å². The van der Waals surface area contributed by atoms with Crippen LogP contribution < -0.4 is 4.74 Å². The van der Waals surface area contributed by atoms with Gasteiger partial charge < -0.3 is 9.47 Å². The summed E-state index contributed by atoms with van der Waals surface area (Å²) in [6.45, 7) is 11.0. The van der Waals surface area contributed by atoms with Crippen molar-refractivity contribution >= 4 is 27.2 Å². The Morgan fingerprint density at radius 1 is 1.52 bits per heavy atom. The molecule has 3 aromatic heterocycles. The standard InChI is InChI=1S/C16H18N4O2S/c1-9(2)6-21-15-18-13-12-10-5-16(3,4)22-7-11(10)23-14(12)17-8-20(13)19-15/h8H,1,5-7H2,2-4H3. The van der Waals surface area contributed by atoms with E-state index in [2.05, 4.69) is 35.5 Å².